The number of pyridine rings is 1. The summed E-state index contributed by atoms with van der Waals surface area (Å²) in [7, 11) is 1.60. The molecular formula is C52H60F10N10O8. The van der Waals surface area contributed by atoms with Crippen molar-refractivity contribution in [3.63, 3.8) is 0 Å². The Morgan fingerprint density at radius 1 is 0.800 bits per heavy atom. The van der Waals surface area contributed by atoms with Crippen LogP contribution in [0.5, 0.6) is 0 Å². The average molecular weight is 1140 g/mol. The van der Waals surface area contributed by atoms with E-state index in [0.717, 1.165) is 78.1 Å². The predicted molar refractivity (Wildman–Crippen MR) is 267 cm³/mol. The number of methoxy groups -OCH3 is 2. The number of nitrogens with one attached hydrogen (secondary N) is 4. The third-order valence-electron chi connectivity index (χ3n) is 14.0. The molecule has 2 aliphatic rings. The zero-order valence-electron chi connectivity index (χ0n) is 44.2. The summed E-state index contributed by atoms with van der Waals surface area (Å²) in [5.74, 6) is 0.707. The van der Waals surface area contributed by atoms with Gasteiger partial charge in [0.15, 0.2) is 0 Å². The molecule has 4 aromatic rings. The monoisotopic (exact) mass is 1140 g/mol. The van der Waals surface area contributed by atoms with Crippen molar-refractivity contribution in [2.75, 3.05) is 65.1 Å². The summed E-state index contributed by atoms with van der Waals surface area (Å²) >= 11 is 0. The second-order valence-electron chi connectivity index (χ2n) is 20.1. The van der Waals surface area contributed by atoms with Crippen molar-refractivity contribution in [3.8, 4) is 23.1 Å². The molecule has 2 aromatic heterocycles. The number of ether oxygens (including phenoxy) is 3. The summed E-state index contributed by atoms with van der Waals surface area (Å²) in [4.78, 5) is 62.0. The van der Waals surface area contributed by atoms with E-state index in [0.29, 0.717) is 62.0 Å². The zero-order chi connectivity index (χ0) is 58.9. The molecule has 2 aromatic carbocycles. The summed E-state index contributed by atoms with van der Waals surface area (Å²) in [6, 6.07) is 5.67. The number of halogens is 10. The molecule has 4 amide bonds. The van der Waals surface area contributed by atoms with Gasteiger partial charge in [0, 0.05) is 86.6 Å². The van der Waals surface area contributed by atoms with Crippen LogP contribution in [0.3, 0.4) is 0 Å². The van der Waals surface area contributed by atoms with E-state index in [9.17, 15) is 59.4 Å². The summed E-state index contributed by atoms with van der Waals surface area (Å²) in [6.07, 6.45) is -12.6. The number of aliphatic hydroxyl groups excluding tert-OH is 1. The van der Waals surface area contributed by atoms with Gasteiger partial charge in [0.1, 0.15) is 29.5 Å². The van der Waals surface area contributed by atoms with Crippen LogP contribution < -0.4 is 26.3 Å². The Hall–Kier alpha value is -7.22. The van der Waals surface area contributed by atoms with Gasteiger partial charge in [0.25, 0.3) is 5.91 Å². The number of hydrogen-bond acceptors (Lipinski definition) is 13. The first-order chi connectivity index (χ1) is 37.5. The summed E-state index contributed by atoms with van der Waals surface area (Å²) < 4.78 is 160. The normalized spacial score (nSPS) is 17.0. The summed E-state index contributed by atoms with van der Waals surface area (Å²) in [6.45, 7) is 1.65. The minimum atomic E-state index is -5.23. The van der Waals surface area contributed by atoms with Gasteiger partial charge < -0.3 is 40.2 Å². The molecule has 2 aliphatic heterocycles. The fourth-order valence-electron chi connectivity index (χ4n) is 8.69. The number of carbonyl (C=O) groups is 4. The van der Waals surface area contributed by atoms with Gasteiger partial charge >= 0.3 is 31.1 Å². The van der Waals surface area contributed by atoms with E-state index in [2.05, 4.69) is 46.5 Å². The van der Waals surface area contributed by atoms with Gasteiger partial charge in [0.05, 0.1) is 49.5 Å². The topological polar surface area (TPSA) is 205 Å². The maximum atomic E-state index is 16.0. The summed E-state index contributed by atoms with van der Waals surface area (Å²) in [5, 5.41) is 22.0. The van der Waals surface area contributed by atoms with Crippen molar-refractivity contribution in [1.29, 1.82) is 0 Å². The molecule has 0 bridgehead atoms. The third kappa shape index (κ3) is 15.4. The quantitative estimate of drug-likeness (QED) is 0.0388. The molecule has 18 nitrogen and oxygen atoms in total. The highest BCUT2D eigenvalue weighted by Crippen LogP contribution is 2.42. The van der Waals surface area contributed by atoms with E-state index >= 15 is 8.78 Å². The number of amides is 4. The smallest absolute Gasteiger partial charge is 0.407 e. The van der Waals surface area contributed by atoms with Crippen molar-refractivity contribution >= 4 is 29.8 Å². The first-order valence-electron chi connectivity index (χ1n) is 24.8. The van der Waals surface area contributed by atoms with Crippen molar-refractivity contribution in [1.82, 2.24) is 46.0 Å². The highest BCUT2D eigenvalue weighted by Gasteiger charge is 2.57. The van der Waals surface area contributed by atoms with Crippen molar-refractivity contribution < 1.29 is 82.4 Å². The molecule has 0 unspecified atom stereocenters. The van der Waals surface area contributed by atoms with Gasteiger partial charge in [0.2, 0.25) is 5.91 Å². The standard InChI is InChI=1S/C52H60F10N10O8/c1-49(2,51(57,58)59)42(65-47(76)78-5)44(74)64-39(23-31-10-7-30(8-11-31)9-12-32-13-14-41(63-26-32)70-20-18-69(19-21-70)34-16-22-80-29-34)40(73)28-71(68-45(75)43(66-48(77)79-6)50(3,4)52(60,61)62)27-35-36(53)24-33(25-37(35)54)38-15-17-72(67-38)46(55)56/h7-8,10-11,13-15,17,24-26,34,39-40,42-43,46,73H,16,18-23,27-29H2,1-6H3,(H,64,74)(H,65,76)(H,66,77)(H,68,75)/t34-,39+,40+,42-,43-/m1/s1. The van der Waals surface area contributed by atoms with Crippen molar-refractivity contribution in [2.45, 2.75) is 96.3 Å². The predicted octanol–water partition coefficient (Wildman–Crippen LogP) is 6.48. The number of alkyl carbamates (subject to hydrolysis) is 2. The number of anilines is 1. The molecule has 0 spiro atoms. The fraction of sp³-hybridized carbons (Fsp3) is 0.500. The number of aromatic nitrogens is 3. The molecule has 80 heavy (non-hydrogen) atoms. The largest absolute Gasteiger partial charge is 0.453 e. The number of benzene rings is 2. The van der Waals surface area contributed by atoms with Crippen LogP contribution in [0.1, 0.15) is 62.9 Å². The lowest BCUT2D eigenvalue weighted by molar-refractivity contribution is -0.221. The maximum absolute atomic E-state index is 16.0. The number of rotatable bonds is 19. The molecular weight excluding hydrogens is 1080 g/mol. The van der Waals surface area contributed by atoms with Crippen LogP contribution in [0.25, 0.3) is 11.3 Å². The van der Waals surface area contributed by atoms with Crippen molar-refractivity contribution in [3.05, 3.63) is 101 Å². The Morgan fingerprint density at radius 3 is 1.86 bits per heavy atom. The number of hydrogen-bond donors (Lipinski definition) is 5. The van der Waals surface area contributed by atoms with Gasteiger partial charge in [-0.2, -0.15) is 40.2 Å². The first kappa shape index (κ1) is 62.0. The molecule has 0 radical (unpaired) electrons. The lowest BCUT2D eigenvalue weighted by Crippen LogP contribution is -2.63. The zero-order valence-corrected chi connectivity index (χ0v) is 44.2. The fourth-order valence-corrected chi connectivity index (χ4v) is 8.69. The Balaban J connectivity index is 1.31. The van der Waals surface area contributed by atoms with Crippen LogP contribution in [0, 0.1) is 34.3 Å². The highest BCUT2D eigenvalue weighted by atomic mass is 19.4. The molecule has 2 fully saturated rings. The molecule has 5 N–H and O–H groups in total. The Kier molecular flexibility index (Phi) is 20.1. The van der Waals surface area contributed by atoms with Gasteiger partial charge in [-0.05, 0) is 88.6 Å². The highest BCUT2D eigenvalue weighted by molar-refractivity contribution is 5.87. The lowest BCUT2D eigenvalue weighted by atomic mass is 9.82. The van der Waals surface area contributed by atoms with E-state index in [4.69, 9.17) is 4.74 Å². The number of hydrazine groups is 1. The van der Waals surface area contributed by atoms with Crippen LogP contribution in [-0.2, 0) is 36.8 Å². The number of alkyl halides is 8. The Morgan fingerprint density at radius 2 is 1.36 bits per heavy atom. The minimum Gasteiger partial charge on any atom is -0.453 e. The molecule has 5 atom stereocenters. The van der Waals surface area contributed by atoms with E-state index < -0.39 is 115 Å². The lowest BCUT2D eigenvalue weighted by Gasteiger charge is -2.38. The van der Waals surface area contributed by atoms with Crippen LogP contribution in [-0.4, -0.2) is 157 Å². The summed E-state index contributed by atoms with van der Waals surface area (Å²) in [5.41, 5.74) is -4.44. The molecule has 2 saturated heterocycles. The van der Waals surface area contributed by atoms with E-state index in [1.54, 1.807) is 11.5 Å². The van der Waals surface area contributed by atoms with Crippen LogP contribution >= 0.6 is 0 Å². The van der Waals surface area contributed by atoms with Gasteiger partial charge in [-0.25, -0.2) is 33.0 Å². The van der Waals surface area contributed by atoms with Gasteiger partial charge in [-0.3, -0.25) is 19.9 Å². The Labute approximate surface area is 453 Å². The number of piperazine rings is 1. The SMILES string of the molecule is COC(=O)N[C@H](C(=O)N[C@@H](Cc1ccc(C#Cc2ccc(N3CCN([C@@H]4CCOC4)CC3)nc2)cc1)[C@@H](O)CN(Cc1c(F)cc(-c2ccn(C(F)F)n2)cc1F)NC(=O)[C@@H](NC(=O)OC)C(C)(C)C(F)(F)F)C(C)(C)C(F)(F)F. The van der Waals surface area contributed by atoms with Crippen LogP contribution in [0.15, 0.2) is 67.0 Å². The second-order valence-corrected chi connectivity index (χ2v) is 20.1. The minimum absolute atomic E-state index is 0.197. The van der Waals surface area contributed by atoms with Crippen LogP contribution in [0.4, 0.5) is 59.3 Å². The molecule has 436 valence electrons. The Bertz CT molecular complexity index is 2820. The molecule has 0 saturated carbocycles. The number of aliphatic hydroxyl groups is 1. The molecule has 0 aliphatic carbocycles. The molecule has 28 heteroatoms. The first-order valence-corrected chi connectivity index (χ1v) is 24.8. The number of nitrogens with zero attached hydrogens (tertiary/aromatic N) is 6. The van der Waals surface area contributed by atoms with E-state index in [1.807, 2.05) is 22.9 Å². The second kappa shape index (κ2) is 25.9. The van der Waals surface area contributed by atoms with Gasteiger partial charge in [-0.1, -0.05) is 24.0 Å². The maximum Gasteiger partial charge on any atom is 0.407 e. The van der Waals surface area contributed by atoms with Gasteiger partial charge in [-0.15, -0.1) is 0 Å². The third-order valence-corrected chi connectivity index (χ3v) is 14.0. The van der Waals surface area contributed by atoms with Crippen LogP contribution in [0.2, 0.25) is 0 Å². The number of carbonyl (C=O) groups excluding carboxylic acids is 4. The van der Waals surface area contributed by atoms with E-state index in [-0.39, 0.29) is 21.5 Å². The molecule has 4 heterocycles. The average Bonchev–Trinajstić information content (AvgIpc) is 4.22. The molecule has 6 rings (SSSR count). The van der Waals surface area contributed by atoms with Crippen molar-refractivity contribution in [2.24, 2.45) is 10.8 Å². The van der Waals surface area contributed by atoms with E-state index in [1.165, 1.54) is 24.3 Å².